The van der Waals surface area contributed by atoms with Gasteiger partial charge in [0.25, 0.3) is 11.7 Å². The first-order chi connectivity index (χ1) is 13.0. The van der Waals surface area contributed by atoms with Crippen molar-refractivity contribution in [3.63, 3.8) is 0 Å². The van der Waals surface area contributed by atoms with Crippen molar-refractivity contribution in [2.24, 2.45) is 0 Å². The van der Waals surface area contributed by atoms with Crippen molar-refractivity contribution in [3.05, 3.63) is 52.1 Å². The molecular weight excluding hydrogens is 350 g/mol. The summed E-state index contributed by atoms with van der Waals surface area (Å²) in [5, 5.41) is 11.0. The van der Waals surface area contributed by atoms with Gasteiger partial charge < -0.3 is 19.6 Å². The van der Waals surface area contributed by atoms with E-state index < -0.39 is 11.0 Å². The van der Waals surface area contributed by atoms with Crippen LogP contribution in [-0.2, 0) is 11.2 Å². The SMILES string of the molecule is CCc1ccc(OCCCN2C(=O)C(C)Oc3ccc([N+](=O)[O-])nc32)cc1. The Hall–Kier alpha value is -3.16. The van der Waals surface area contributed by atoms with E-state index in [0.29, 0.717) is 25.3 Å². The first-order valence-electron chi connectivity index (χ1n) is 8.84. The molecule has 1 aliphatic rings. The summed E-state index contributed by atoms with van der Waals surface area (Å²) in [7, 11) is 0. The minimum atomic E-state index is -0.664. The zero-order valence-corrected chi connectivity index (χ0v) is 15.3. The van der Waals surface area contributed by atoms with Crippen molar-refractivity contribution in [2.45, 2.75) is 32.8 Å². The Morgan fingerprint density at radius 3 is 2.67 bits per heavy atom. The van der Waals surface area contributed by atoms with Crippen molar-refractivity contribution in [1.82, 2.24) is 4.98 Å². The lowest BCUT2D eigenvalue weighted by atomic mass is 10.2. The molecule has 1 aromatic heterocycles. The lowest BCUT2D eigenvalue weighted by Gasteiger charge is -2.29. The van der Waals surface area contributed by atoms with Crippen LogP contribution < -0.4 is 14.4 Å². The van der Waals surface area contributed by atoms with Gasteiger partial charge in [0.15, 0.2) is 11.9 Å². The van der Waals surface area contributed by atoms with Crippen LogP contribution in [0.4, 0.5) is 11.6 Å². The van der Waals surface area contributed by atoms with Crippen molar-refractivity contribution in [1.29, 1.82) is 0 Å². The van der Waals surface area contributed by atoms with E-state index in [9.17, 15) is 14.9 Å². The van der Waals surface area contributed by atoms with Gasteiger partial charge in [-0.25, -0.2) is 0 Å². The molecule has 1 aromatic carbocycles. The maximum absolute atomic E-state index is 12.5. The molecule has 142 valence electrons. The molecule has 0 fully saturated rings. The second-order valence-corrected chi connectivity index (χ2v) is 6.20. The largest absolute Gasteiger partial charge is 0.494 e. The number of nitrogens with zero attached hydrogens (tertiary/aromatic N) is 3. The van der Waals surface area contributed by atoms with E-state index in [1.54, 1.807) is 6.92 Å². The quantitative estimate of drug-likeness (QED) is 0.422. The molecule has 0 aliphatic carbocycles. The van der Waals surface area contributed by atoms with Crippen LogP contribution in [0.2, 0.25) is 0 Å². The molecule has 0 radical (unpaired) electrons. The Bertz CT molecular complexity index is 838. The monoisotopic (exact) mass is 371 g/mol. The molecule has 2 aromatic rings. The number of anilines is 1. The first kappa shape index (κ1) is 18.6. The lowest BCUT2D eigenvalue weighted by Crippen LogP contribution is -2.45. The van der Waals surface area contributed by atoms with Gasteiger partial charge in [0.2, 0.25) is 0 Å². The van der Waals surface area contributed by atoms with Crippen LogP contribution in [0.5, 0.6) is 11.5 Å². The molecule has 0 spiro atoms. The molecule has 0 N–H and O–H groups in total. The Morgan fingerprint density at radius 1 is 1.26 bits per heavy atom. The van der Waals surface area contributed by atoms with Crippen LogP contribution in [0.15, 0.2) is 36.4 Å². The Kier molecular flexibility index (Phi) is 5.54. The van der Waals surface area contributed by atoms with Gasteiger partial charge in [-0.2, -0.15) is 0 Å². The van der Waals surface area contributed by atoms with Crippen molar-refractivity contribution in [2.75, 3.05) is 18.1 Å². The van der Waals surface area contributed by atoms with Crippen LogP contribution in [0.3, 0.4) is 0 Å². The van der Waals surface area contributed by atoms with Crippen molar-refractivity contribution >= 4 is 17.5 Å². The minimum absolute atomic E-state index is 0.180. The van der Waals surface area contributed by atoms with Gasteiger partial charge >= 0.3 is 5.82 Å². The van der Waals surface area contributed by atoms with Gasteiger partial charge in [0.1, 0.15) is 5.75 Å². The standard InChI is InChI=1S/C19H21N3O5/c1-3-14-5-7-15(8-6-14)26-12-4-11-21-18-16(27-13(2)19(21)23)9-10-17(20-18)22(24)25/h5-10,13H,3-4,11-12H2,1-2H3. The average molecular weight is 371 g/mol. The van der Waals surface area contributed by atoms with Crippen molar-refractivity contribution in [3.8, 4) is 11.5 Å². The summed E-state index contributed by atoms with van der Waals surface area (Å²) in [5.74, 6) is 0.714. The Labute approximate surface area is 156 Å². The van der Waals surface area contributed by atoms with Gasteiger partial charge in [-0.1, -0.05) is 19.1 Å². The number of carbonyl (C=O) groups is 1. The maximum atomic E-state index is 12.5. The molecule has 2 heterocycles. The summed E-state index contributed by atoms with van der Waals surface area (Å²) >= 11 is 0. The summed E-state index contributed by atoms with van der Waals surface area (Å²) in [5.41, 5.74) is 1.24. The van der Waals surface area contributed by atoms with Gasteiger partial charge in [0.05, 0.1) is 6.61 Å². The number of aryl methyl sites for hydroxylation is 1. The number of rotatable bonds is 7. The number of benzene rings is 1. The molecule has 0 saturated heterocycles. The van der Waals surface area contributed by atoms with Crippen LogP contribution in [0.25, 0.3) is 0 Å². The molecule has 8 heteroatoms. The third-order valence-electron chi connectivity index (χ3n) is 4.31. The molecule has 3 rings (SSSR count). The number of hydrogen-bond acceptors (Lipinski definition) is 6. The van der Waals surface area contributed by atoms with E-state index in [2.05, 4.69) is 11.9 Å². The predicted molar refractivity (Wildman–Crippen MR) is 99.3 cm³/mol. The van der Waals surface area contributed by atoms with E-state index in [1.165, 1.54) is 22.6 Å². The van der Waals surface area contributed by atoms with Gasteiger partial charge in [-0.3, -0.25) is 9.69 Å². The third-order valence-corrected chi connectivity index (χ3v) is 4.31. The fraction of sp³-hybridized carbons (Fsp3) is 0.368. The van der Waals surface area contributed by atoms with E-state index >= 15 is 0 Å². The summed E-state index contributed by atoms with van der Waals surface area (Å²) in [6.45, 7) is 4.48. The molecule has 1 unspecified atom stereocenters. The molecule has 0 saturated carbocycles. The fourth-order valence-corrected chi connectivity index (χ4v) is 2.83. The molecule has 1 aliphatic heterocycles. The topological polar surface area (TPSA) is 94.8 Å². The number of pyridine rings is 1. The van der Waals surface area contributed by atoms with Crippen LogP contribution >= 0.6 is 0 Å². The molecule has 1 amide bonds. The zero-order valence-electron chi connectivity index (χ0n) is 15.3. The van der Waals surface area contributed by atoms with Crippen LogP contribution in [-0.4, -0.2) is 35.1 Å². The summed E-state index contributed by atoms with van der Waals surface area (Å²) < 4.78 is 11.2. The number of ether oxygens (including phenoxy) is 2. The normalized spacial score (nSPS) is 15.9. The number of carbonyl (C=O) groups excluding carboxylic acids is 1. The smallest absolute Gasteiger partial charge is 0.366 e. The summed E-state index contributed by atoms with van der Waals surface area (Å²) in [4.78, 5) is 28.2. The number of nitro groups is 1. The first-order valence-corrected chi connectivity index (χ1v) is 8.84. The fourth-order valence-electron chi connectivity index (χ4n) is 2.83. The molecule has 0 bridgehead atoms. The number of aromatic nitrogens is 1. The lowest BCUT2D eigenvalue weighted by molar-refractivity contribution is -0.389. The van der Waals surface area contributed by atoms with E-state index in [0.717, 1.165) is 12.2 Å². The van der Waals surface area contributed by atoms with E-state index in [1.807, 2.05) is 24.3 Å². The van der Waals surface area contributed by atoms with Crippen LogP contribution in [0.1, 0.15) is 25.8 Å². The van der Waals surface area contributed by atoms with Gasteiger partial charge in [-0.05, 0) is 53.4 Å². The number of fused-ring (bicyclic) bond motifs is 1. The number of amides is 1. The van der Waals surface area contributed by atoms with Crippen LogP contribution in [0, 0.1) is 10.1 Å². The van der Waals surface area contributed by atoms with E-state index in [4.69, 9.17) is 9.47 Å². The average Bonchev–Trinajstić information content (AvgIpc) is 2.67. The highest BCUT2D eigenvalue weighted by Gasteiger charge is 2.36. The highest BCUT2D eigenvalue weighted by molar-refractivity contribution is 5.98. The Morgan fingerprint density at radius 2 is 2.00 bits per heavy atom. The van der Waals surface area contributed by atoms with Gasteiger partial charge in [-0.15, -0.1) is 0 Å². The summed E-state index contributed by atoms with van der Waals surface area (Å²) in [6.07, 6.45) is 0.858. The minimum Gasteiger partial charge on any atom is -0.494 e. The molecule has 27 heavy (non-hydrogen) atoms. The third kappa shape index (κ3) is 4.16. The number of hydrogen-bond donors (Lipinski definition) is 0. The summed E-state index contributed by atoms with van der Waals surface area (Å²) in [6, 6.07) is 10.6. The molecular formula is C19H21N3O5. The highest BCUT2D eigenvalue weighted by Crippen LogP contribution is 2.34. The Balaban J connectivity index is 1.65. The van der Waals surface area contributed by atoms with Crippen molar-refractivity contribution < 1.29 is 19.2 Å². The maximum Gasteiger partial charge on any atom is 0.366 e. The molecule has 1 atom stereocenters. The zero-order chi connectivity index (χ0) is 19.4. The predicted octanol–water partition coefficient (Wildman–Crippen LogP) is 3.14. The van der Waals surface area contributed by atoms with Gasteiger partial charge in [0, 0.05) is 12.6 Å². The molecule has 8 nitrogen and oxygen atoms in total. The second kappa shape index (κ2) is 8.03. The highest BCUT2D eigenvalue weighted by atomic mass is 16.6. The van der Waals surface area contributed by atoms with E-state index in [-0.39, 0.29) is 17.5 Å². The second-order valence-electron chi connectivity index (χ2n) is 6.20.